The van der Waals surface area contributed by atoms with Crippen molar-refractivity contribution >= 4 is 17.0 Å². The summed E-state index contributed by atoms with van der Waals surface area (Å²) < 4.78 is 55.4. The summed E-state index contributed by atoms with van der Waals surface area (Å²) in [7, 11) is 0. The van der Waals surface area contributed by atoms with Gasteiger partial charge in [-0.05, 0) is 32.4 Å². The SMILES string of the molecule is C[C@@H](O)c1nc2cnc(Cc3ccnc(N4CCC(O)C(F)C4)n3)cc2n1[C@H](C)C(F)(F)F. The molecule has 0 aromatic carbocycles. The molecule has 4 rings (SSSR count). The van der Waals surface area contributed by atoms with E-state index in [2.05, 4.69) is 19.9 Å². The molecule has 3 aromatic rings. The summed E-state index contributed by atoms with van der Waals surface area (Å²) in [4.78, 5) is 18.7. The van der Waals surface area contributed by atoms with Gasteiger partial charge in [-0.1, -0.05) is 0 Å². The number of pyridine rings is 1. The summed E-state index contributed by atoms with van der Waals surface area (Å²) >= 11 is 0. The first kappa shape index (κ1) is 23.3. The van der Waals surface area contributed by atoms with Crippen LogP contribution in [0.25, 0.3) is 11.0 Å². The molecule has 0 spiro atoms. The molecule has 178 valence electrons. The normalized spacial score (nSPS) is 21.4. The maximum Gasteiger partial charge on any atom is 0.408 e. The maximum atomic E-state index is 13.9. The van der Waals surface area contributed by atoms with Crippen LogP contribution in [0.1, 0.15) is 49.6 Å². The lowest BCUT2D eigenvalue weighted by Crippen LogP contribution is -2.45. The highest BCUT2D eigenvalue weighted by atomic mass is 19.4. The van der Waals surface area contributed by atoms with E-state index in [-0.39, 0.29) is 36.2 Å². The zero-order valence-corrected chi connectivity index (χ0v) is 18.0. The van der Waals surface area contributed by atoms with Gasteiger partial charge in [-0.2, -0.15) is 13.2 Å². The molecule has 0 amide bonds. The fourth-order valence-electron chi connectivity index (χ4n) is 3.90. The van der Waals surface area contributed by atoms with E-state index in [4.69, 9.17) is 0 Å². The minimum absolute atomic E-state index is 0.0224. The average Bonchev–Trinajstić information content (AvgIpc) is 3.13. The molecule has 1 saturated heterocycles. The Bertz CT molecular complexity index is 1140. The fourth-order valence-corrected chi connectivity index (χ4v) is 3.90. The smallest absolute Gasteiger partial charge is 0.390 e. The Hall–Kier alpha value is -2.86. The molecule has 4 heterocycles. The van der Waals surface area contributed by atoms with Gasteiger partial charge in [-0.25, -0.2) is 19.3 Å². The number of halogens is 4. The molecular formula is C21H24F4N6O2. The zero-order chi connectivity index (χ0) is 23.9. The predicted molar refractivity (Wildman–Crippen MR) is 111 cm³/mol. The lowest BCUT2D eigenvalue weighted by molar-refractivity contribution is -0.163. The van der Waals surface area contributed by atoms with Gasteiger partial charge < -0.3 is 19.7 Å². The number of nitrogens with zero attached hydrogens (tertiary/aromatic N) is 6. The van der Waals surface area contributed by atoms with E-state index < -0.39 is 30.6 Å². The highest BCUT2D eigenvalue weighted by Crippen LogP contribution is 2.35. The molecule has 0 radical (unpaired) electrons. The van der Waals surface area contributed by atoms with Crippen LogP contribution in [0.4, 0.5) is 23.5 Å². The van der Waals surface area contributed by atoms with Crippen molar-refractivity contribution in [1.29, 1.82) is 0 Å². The molecule has 0 aliphatic carbocycles. The quantitative estimate of drug-likeness (QED) is 0.556. The van der Waals surface area contributed by atoms with Gasteiger partial charge in [0.05, 0.1) is 30.1 Å². The second kappa shape index (κ2) is 8.82. The summed E-state index contributed by atoms with van der Waals surface area (Å²) in [6.45, 7) is 2.76. The summed E-state index contributed by atoms with van der Waals surface area (Å²) in [5.41, 5.74) is 1.46. The van der Waals surface area contributed by atoms with Crippen LogP contribution in [0.2, 0.25) is 0 Å². The van der Waals surface area contributed by atoms with Crippen molar-refractivity contribution in [2.75, 3.05) is 18.0 Å². The van der Waals surface area contributed by atoms with Gasteiger partial charge in [-0.15, -0.1) is 0 Å². The maximum absolute atomic E-state index is 13.9. The molecule has 4 atom stereocenters. The van der Waals surface area contributed by atoms with E-state index in [1.165, 1.54) is 25.4 Å². The number of alkyl halides is 4. The molecule has 8 nitrogen and oxygen atoms in total. The van der Waals surface area contributed by atoms with Crippen molar-refractivity contribution in [3.05, 3.63) is 41.7 Å². The largest absolute Gasteiger partial charge is 0.408 e. The molecule has 33 heavy (non-hydrogen) atoms. The number of imidazole rings is 1. The third-order valence-corrected chi connectivity index (χ3v) is 5.75. The first-order valence-electron chi connectivity index (χ1n) is 10.5. The van der Waals surface area contributed by atoms with Crippen molar-refractivity contribution in [3.63, 3.8) is 0 Å². The number of anilines is 1. The minimum Gasteiger partial charge on any atom is -0.390 e. The number of aliphatic hydroxyl groups excluding tert-OH is 2. The number of piperidine rings is 1. The molecule has 2 N–H and O–H groups in total. The van der Waals surface area contributed by atoms with Crippen LogP contribution in [-0.4, -0.2) is 66.3 Å². The second-order valence-electron chi connectivity index (χ2n) is 8.24. The summed E-state index contributed by atoms with van der Waals surface area (Å²) in [5.74, 6) is 0.224. The van der Waals surface area contributed by atoms with Gasteiger partial charge in [-0.3, -0.25) is 4.98 Å². The number of rotatable bonds is 5. The molecule has 1 aliphatic rings. The van der Waals surface area contributed by atoms with E-state index in [9.17, 15) is 27.8 Å². The Balaban J connectivity index is 1.65. The van der Waals surface area contributed by atoms with Gasteiger partial charge >= 0.3 is 6.18 Å². The fraction of sp³-hybridized carbons (Fsp3) is 0.524. The first-order valence-corrected chi connectivity index (χ1v) is 10.5. The Morgan fingerprint density at radius 3 is 2.61 bits per heavy atom. The predicted octanol–water partition coefficient (Wildman–Crippen LogP) is 2.90. The van der Waals surface area contributed by atoms with E-state index >= 15 is 0 Å². The molecule has 2 unspecified atom stereocenters. The van der Waals surface area contributed by atoms with Crippen LogP contribution in [0, 0.1) is 0 Å². The third kappa shape index (κ3) is 4.76. The number of fused-ring (bicyclic) bond motifs is 1. The average molecular weight is 468 g/mol. The Kier molecular flexibility index (Phi) is 6.23. The third-order valence-electron chi connectivity index (χ3n) is 5.75. The van der Waals surface area contributed by atoms with Gasteiger partial charge in [0.15, 0.2) is 0 Å². The van der Waals surface area contributed by atoms with Crippen molar-refractivity contribution < 1.29 is 27.8 Å². The van der Waals surface area contributed by atoms with Crippen LogP contribution in [0.5, 0.6) is 0 Å². The van der Waals surface area contributed by atoms with E-state index in [0.717, 1.165) is 11.5 Å². The first-order chi connectivity index (χ1) is 15.5. The number of aromatic nitrogens is 5. The van der Waals surface area contributed by atoms with Crippen molar-refractivity contribution in [2.45, 2.75) is 57.3 Å². The Morgan fingerprint density at radius 2 is 1.94 bits per heavy atom. The van der Waals surface area contributed by atoms with Gasteiger partial charge in [0.25, 0.3) is 0 Å². The molecule has 0 saturated carbocycles. The van der Waals surface area contributed by atoms with Crippen molar-refractivity contribution in [3.8, 4) is 0 Å². The monoisotopic (exact) mass is 468 g/mol. The Morgan fingerprint density at radius 1 is 1.18 bits per heavy atom. The molecule has 1 fully saturated rings. The number of hydrogen-bond donors (Lipinski definition) is 2. The molecule has 0 bridgehead atoms. The van der Waals surface area contributed by atoms with Crippen LogP contribution in [-0.2, 0) is 6.42 Å². The summed E-state index contributed by atoms with van der Waals surface area (Å²) in [6, 6.07) is 1.27. The van der Waals surface area contributed by atoms with Crippen LogP contribution < -0.4 is 4.90 Å². The van der Waals surface area contributed by atoms with E-state index in [1.54, 1.807) is 11.0 Å². The van der Waals surface area contributed by atoms with Crippen LogP contribution >= 0.6 is 0 Å². The van der Waals surface area contributed by atoms with Crippen molar-refractivity contribution in [1.82, 2.24) is 24.5 Å². The number of hydrogen-bond acceptors (Lipinski definition) is 7. The second-order valence-corrected chi connectivity index (χ2v) is 8.24. The topological polar surface area (TPSA) is 100 Å². The molecule has 3 aromatic heterocycles. The van der Waals surface area contributed by atoms with Gasteiger partial charge in [0.1, 0.15) is 29.7 Å². The van der Waals surface area contributed by atoms with Crippen LogP contribution in [0.15, 0.2) is 24.5 Å². The lowest BCUT2D eigenvalue weighted by Gasteiger charge is -2.32. The molecule has 12 heteroatoms. The van der Waals surface area contributed by atoms with E-state index in [0.29, 0.717) is 23.9 Å². The lowest BCUT2D eigenvalue weighted by atomic mass is 10.1. The highest BCUT2D eigenvalue weighted by molar-refractivity contribution is 5.76. The minimum atomic E-state index is -4.53. The standard InChI is InChI=1S/C21H24F4N6O2/c1-11(32)19-29-16-9-27-14(8-17(16)31(19)12(2)21(23,24)25)7-13-3-5-26-20(28-13)30-6-4-18(33)15(22)10-30/h3,5,8-9,11-12,15,18,32-33H,4,6-7,10H2,1-2H3/t11-,12-,15?,18?/m1/s1. The van der Waals surface area contributed by atoms with E-state index in [1.807, 2.05) is 0 Å². The summed E-state index contributed by atoms with van der Waals surface area (Å²) in [6.07, 6.45) is -4.76. The van der Waals surface area contributed by atoms with Crippen LogP contribution in [0.3, 0.4) is 0 Å². The molecular weight excluding hydrogens is 444 g/mol. The van der Waals surface area contributed by atoms with Gasteiger partial charge in [0.2, 0.25) is 5.95 Å². The number of aliphatic hydroxyl groups is 2. The molecule has 1 aliphatic heterocycles. The van der Waals surface area contributed by atoms with Crippen molar-refractivity contribution in [2.24, 2.45) is 0 Å². The summed E-state index contributed by atoms with van der Waals surface area (Å²) in [5, 5.41) is 19.6. The zero-order valence-electron chi connectivity index (χ0n) is 18.0. The Labute approximate surface area is 186 Å². The highest BCUT2D eigenvalue weighted by Gasteiger charge is 2.40. The van der Waals surface area contributed by atoms with Gasteiger partial charge in [0, 0.05) is 24.9 Å².